The fourth-order valence-electron chi connectivity index (χ4n) is 1.97. The second-order valence-corrected chi connectivity index (χ2v) is 4.48. The summed E-state index contributed by atoms with van der Waals surface area (Å²) in [5.74, 6) is 1.17. The third kappa shape index (κ3) is 3.16. The van der Waals surface area contributed by atoms with Gasteiger partial charge < -0.3 is 9.84 Å². The second-order valence-electron chi connectivity index (χ2n) is 4.48. The predicted molar refractivity (Wildman–Crippen MR) is 79.5 cm³/mol. The first-order valence-corrected chi connectivity index (χ1v) is 6.84. The molecule has 0 unspecified atom stereocenters. The molecule has 3 aromatic rings. The molecule has 22 heavy (non-hydrogen) atoms. The van der Waals surface area contributed by atoms with Crippen LogP contribution in [0, 0.1) is 0 Å². The maximum absolute atomic E-state index is 8.83. The molecule has 7 nitrogen and oxygen atoms in total. The van der Waals surface area contributed by atoms with Crippen LogP contribution in [0.4, 0.5) is 0 Å². The van der Waals surface area contributed by atoms with Crippen LogP contribution < -0.4 is 0 Å². The van der Waals surface area contributed by atoms with Gasteiger partial charge in [-0.1, -0.05) is 30.3 Å². The molecule has 3 rings (SSSR count). The fraction of sp³-hybridized carbons (Fsp3) is 0.200. The van der Waals surface area contributed by atoms with E-state index in [1.165, 1.54) is 0 Å². The van der Waals surface area contributed by atoms with Gasteiger partial charge in [-0.15, -0.1) is 5.10 Å². The van der Waals surface area contributed by atoms with Crippen molar-refractivity contribution in [3.8, 4) is 22.9 Å². The van der Waals surface area contributed by atoms with E-state index in [-0.39, 0.29) is 19.9 Å². The Labute approximate surface area is 127 Å². The lowest BCUT2D eigenvalue weighted by atomic mass is 10.2. The minimum Gasteiger partial charge on any atom is -0.394 e. The lowest BCUT2D eigenvalue weighted by molar-refractivity contribution is 0.0428. The Morgan fingerprint density at radius 3 is 2.73 bits per heavy atom. The molecule has 2 heterocycles. The minimum atomic E-state index is -0.0353. The van der Waals surface area contributed by atoms with E-state index in [0.717, 1.165) is 5.56 Å². The Kier molecular flexibility index (Phi) is 4.47. The average Bonchev–Trinajstić information content (AvgIpc) is 3.01. The van der Waals surface area contributed by atoms with Crippen molar-refractivity contribution in [2.24, 2.45) is 0 Å². The van der Waals surface area contributed by atoms with Crippen molar-refractivity contribution in [3.05, 3.63) is 48.9 Å². The van der Waals surface area contributed by atoms with Crippen LogP contribution in [0.15, 0.2) is 48.9 Å². The number of nitrogens with zero attached hydrogens (tertiary/aromatic N) is 5. The molecular weight excluding hydrogens is 282 g/mol. The molecule has 0 bridgehead atoms. The van der Waals surface area contributed by atoms with Crippen LogP contribution in [0.2, 0.25) is 0 Å². The monoisotopic (exact) mass is 297 g/mol. The van der Waals surface area contributed by atoms with E-state index in [0.29, 0.717) is 17.3 Å². The van der Waals surface area contributed by atoms with Gasteiger partial charge in [0, 0.05) is 18.0 Å². The Morgan fingerprint density at radius 2 is 2.00 bits per heavy atom. The van der Waals surface area contributed by atoms with E-state index >= 15 is 0 Å². The molecular formula is C15H15N5O2. The highest BCUT2D eigenvalue weighted by Gasteiger charge is 2.14. The summed E-state index contributed by atoms with van der Waals surface area (Å²) in [6.07, 6.45) is 4.81. The van der Waals surface area contributed by atoms with Gasteiger partial charge in [0.15, 0.2) is 5.82 Å². The maximum atomic E-state index is 8.83. The van der Waals surface area contributed by atoms with Crippen molar-refractivity contribution in [1.29, 1.82) is 0 Å². The Morgan fingerprint density at radius 1 is 1.14 bits per heavy atom. The van der Waals surface area contributed by atoms with Crippen LogP contribution in [-0.4, -0.2) is 43.1 Å². The van der Waals surface area contributed by atoms with Gasteiger partial charge in [0.1, 0.15) is 12.4 Å². The summed E-state index contributed by atoms with van der Waals surface area (Å²) in [5.41, 5.74) is 1.53. The summed E-state index contributed by atoms with van der Waals surface area (Å²) in [6.45, 7) is 0.416. The van der Waals surface area contributed by atoms with Gasteiger partial charge in [-0.2, -0.15) is 0 Å². The normalized spacial score (nSPS) is 10.8. The second kappa shape index (κ2) is 6.88. The molecule has 1 N–H and O–H groups in total. The number of benzene rings is 1. The molecule has 0 aliphatic carbocycles. The molecule has 1 aromatic carbocycles. The van der Waals surface area contributed by atoms with E-state index < -0.39 is 0 Å². The van der Waals surface area contributed by atoms with Crippen molar-refractivity contribution in [2.75, 3.05) is 13.2 Å². The number of aliphatic hydroxyl groups excluding tert-OH is 1. The van der Waals surface area contributed by atoms with E-state index in [4.69, 9.17) is 9.84 Å². The van der Waals surface area contributed by atoms with Crippen LogP contribution in [-0.2, 0) is 11.5 Å². The van der Waals surface area contributed by atoms with E-state index in [1.807, 2.05) is 30.3 Å². The Hall–Kier alpha value is -2.64. The number of rotatable bonds is 6. The summed E-state index contributed by atoms with van der Waals surface area (Å²) < 4.78 is 7.00. The zero-order valence-corrected chi connectivity index (χ0v) is 11.8. The summed E-state index contributed by atoms with van der Waals surface area (Å²) in [4.78, 5) is 12.8. The van der Waals surface area contributed by atoms with Gasteiger partial charge in [0.25, 0.3) is 0 Å². The lowest BCUT2D eigenvalue weighted by Crippen LogP contribution is -2.09. The van der Waals surface area contributed by atoms with Gasteiger partial charge >= 0.3 is 0 Å². The van der Waals surface area contributed by atoms with Crippen LogP contribution in [0.3, 0.4) is 0 Å². The Balaban J connectivity index is 1.97. The van der Waals surface area contributed by atoms with E-state index in [2.05, 4.69) is 20.1 Å². The molecule has 0 radical (unpaired) electrons. The third-order valence-electron chi connectivity index (χ3n) is 2.95. The number of hydrogen-bond acceptors (Lipinski definition) is 6. The molecule has 0 aliphatic heterocycles. The number of aliphatic hydroxyl groups is 1. The highest BCUT2D eigenvalue weighted by molar-refractivity contribution is 5.59. The van der Waals surface area contributed by atoms with Crippen LogP contribution in [0.5, 0.6) is 0 Å². The Bertz CT molecular complexity index is 715. The van der Waals surface area contributed by atoms with Gasteiger partial charge in [0.05, 0.1) is 19.4 Å². The smallest absolute Gasteiger partial charge is 0.202 e. The molecule has 112 valence electrons. The summed E-state index contributed by atoms with van der Waals surface area (Å²) in [7, 11) is 0. The van der Waals surface area contributed by atoms with E-state index in [1.54, 1.807) is 23.3 Å². The number of aromatic nitrogens is 5. The zero-order valence-electron chi connectivity index (χ0n) is 11.8. The zero-order chi connectivity index (χ0) is 15.2. The third-order valence-corrected chi connectivity index (χ3v) is 2.95. The quantitative estimate of drug-likeness (QED) is 0.692. The summed E-state index contributed by atoms with van der Waals surface area (Å²) in [5, 5.41) is 13.3. The van der Waals surface area contributed by atoms with Crippen molar-refractivity contribution < 1.29 is 9.84 Å². The first-order valence-electron chi connectivity index (χ1n) is 6.84. The molecule has 0 amide bonds. The fourth-order valence-corrected chi connectivity index (χ4v) is 1.97. The minimum absolute atomic E-state index is 0.0353. The van der Waals surface area contributed by atoms with Gasteiger partial charge in [0.2, 0.25) is 5.82 Å². The standard InChI is InChI=1S/C15H15N5O2/c21-8-9-22-11-20-15(12-4-2-1-3-5-12)18-14(19-20)13-10-16-6-7-17-13/h1-7,10,21H,8-9,11H2. The first kappa shape index (κ1) is 14.3. The van der Waals surface area contributed by atoms with Gasteiger partial charge in [-0.3, -0.25) is 4.98 Å². The largest absolute Gasteiger partial charge is 0.394 e. The molecule has 0 fully saturated rings. The number of ether oxygens (including phenoxy) is 1. The van der Waals surface area contributed by atoms with Crippen LogP contribution in [0.25, 0.3) is 22.9 Å². The summed E-state index contributed by atoms with van der Waals surface area (Å²) in [6, 6.07) is 9.71. The molecule has 0 saturated carbocycles. The highest BCUT2D eigenvalue weighted by atomic mass is 16.5. The molecule has 0 aliphatic rings. The van der Waals surface area contributed by atoms with Crippen molar-refractivity contribution in [2.45, 2.75) is 6.73 Å². The van der Waals surface area contributed by atoms with Gasteiger partial charge in [-0.25, -0.2) is 14.6 Å². The van der Waals surface area contributed by atoms with Crippen LogP contribution in [0.1, 0.15) is 0 Å². The van der Waals surface area contributed by atoms with Crippen molar-refractivity contribution >= 4 is 0 Å². The van der Waals surface area contributed by atoms with E-state index in [9.17, 15) is 0 Å². The summed E-state index contributed by atoms with van der Waals surface area (Å²) >= 11 is 0. The SMILES string of the molecule is OCCOCn1nc(-c2cnccn2)nc1-c1ccccc1. The highest BCUT2D eigenvalue weighted by Crippen LogP contribution is 2.20. The first-order chi connectivity index (χ1) is 10.9. The molecule has 2 aromatic heterocycles. The molecule has 0 saturated heterocycles. The average molecular weight is 297 g/mol. The van der Waals surface area contributed by atoms with Crippen molar-refractivity contribution in [3.63, 3.8) is 0 Å². The number of hydrogen-bond donors (Lipinski definition) is 1. The maximum Gasteiger partial charge on any atom is 0.202 e. The predicted octanol–water partition coefficient (Wildman–Crippen LogP) is 1.37. The van der Waals surface area contributed by atoms with Gasteiger partial charge in [-0.05, 0) is 0 Å². The molecule has 0 atom stereocenters. The van der Waals surface area contributed by atoms with Crippen molar-refractivity contribution in [1.82, 2.24) is 24.7 Å². The molecule has 7 heteroatoms. The topological polar surface area (TPSA) is 86.0 Å². The van der Waals surface area contributed by atoms with Crippen LogP contribution >= 0.6 is 0 Å². The lowest BCUT2D eigenvalue weighted by Gasteiger charge is -2.05. The molecule has 0 spiro atoms.